The van der Waals surface area contributed by atoms with Gasteiger partial charge in [-0.15, -0.1) is 11.3 Å². The molecule has 1 nitrogen and oxygen atoms in total. The van der Waals surface area contributed by atoms with Crippen LogP contribution in [0, 0.1) is 0 Å². The van der Waals surface area contributed by atoms with Gasteiger partial charge in [-0.25, -0.2) is 0 Å². The Morgan fingerprint density at radius 2 is 1.70 bits per heavy atom. The molecule has 2 heteroatoms. The van der Waals surface area contributed by atoms with Crippen molar-refractivity contribution in [3.63, 3.8) is 0 Å². The fourth-order valence-electron chi connectivity index (χ4n) is 2.61. The van der Waals surface area contributed by atoms with Crippen LogP contribution in [0.5, 0.6) is 0 Å². The predicted molar refractivity (Wildman–Crippen MR) is 88.1 cm³/mol. The van der Waals surface area contributed by atoms with E-state index < -0.39 is 0 Å². The molecule has 1 aromatic heterocycles. The van der Waals surface area contributed by atoms with Crippen molar-refractivity contribution in [3.05, 3.63) is 71.1 Å². The second-order valence-electron chi connectivity index (χ2n) is 5.17. The molecule has 0 fully saturated rings. The summed E-state index contributed by atoms with van der Waals surface area (Å²) in [7, 11) is 0. The van der Waals surface area contributed by atoms with Gasteiger partial charge in [-0.3, -0.25) is 0 Å². The molecule has 1 unspecified atom stereocenters. The van der Waals surface area contributed by atoms with E-state index in [9.17, 15) is 0 Å². The molecule has 0 amide bonds. The van der Waals surface area contributed by atoms with Crippen LogP contribution in [0.1, 0.15) is 30.0 Å². The minimum absolute atomic E-state index is 0.148. The highest BCUT2D eigenvalue weighted by Crippen LogP contribution is 2.31. The first-order valence-electron chi connectivity index (χ1n) is 7.10. The Morgan fingerprint density at radius 1 is 0.950 bits per heavy atom. The predicted octanol–water partition coefficient (Wildman–Crippen LogP) is 4.92. The average molecular weight is 281 g/mol. The molecule has 0 saturated carbocycles. The summed E-state index contributed by atoms with van der Waals surface area (Å²) in [5.41, 5.74) is 9.08. The second-order valence-corrected chi connectivity index (χ2v) is 6.08. The summed E-state index contributed by atoms with van der Waals surface area (Å²) in [5, 5.41) is 3.54. The lowest BCUT2D eigenvalue weighted by Crippen LogP contribution is -2.09. The fraction of sp³-hybridized carbons (Fsp3) is 0.222. The molecule has 0 bridgehead atoms. The molecule has 0 aliphatic carbocycles. The Balaban J connectivity index is 1.63. The Bertz CT molecular complexity index is 672. The third-order valence-corrected chi connectivity index (χ3v) is 4.72. The van der Waals surface area contributed by atoms with Crippen molar-refractivity contribution in [2.24, 2.45) is 5.73 Å². The van der Waals surface area contributed by atoms with E-state index in [-0.39, 0.29) is 6.04 Å². The van der Waals surface area contributed by atoms with Crippen LogP contribution in [0.4, 0.5) is 0 Å². The smallest absolute Gasteiger partial charge is 0.0346 e. The summed E-state index contributed by atoms with van der Waals surface area (Å²) in [5.74, 6) is 0. The van der Waals surface area contributed by atoms with E-state index in [1.807, 2.05) is 0 Å². The molecule has 102 valence electrons. The van der Waals surface area contributed by atoms with Gasteiger partial charge in [0.25, 0.3) is 0 Å². The fourth-order valence-corrected chi connectivity index (χ4v) is 3.64. The Kier molecular flexibility index (Phi) is 4.14. The van der Waals surface area contributed by atoms with Gasteiger partial charge in [-0.1, -0.05) is 48.5 Å². The largest absolute Gasteiger partial charge is 0.324 e. The summed E-state index contributed by atoms with van der Waals surface area (Å²) in [6.45, 7) is 0. The molecule has 2 aromatic carbocycles. The number of fused-ring (bicyclic) bond motifs is 1. The summed E-state index contributed by atoms with van der Waals surface area (Å²) in [6, 6.07) is 19.3. The molecule has 0 saturated heterocycles. The molecule has 0 aliphatic rings. The van der Waals surface area contributed by atoms with E-state index in [4.69, 9.17) is 5.73 Å². The zero-order valence-corrected chi connectivity index (χ0v) is 12.3. The first kappa shape index (κ1) is 13.3. The van der Waals surface area contributed by atoms with Crippen molar-refractivity contribution >= 4 is 21.4 Å². The van der Waals surface area contributed by atoms with Gasteiger partial charge < -0.3 is 5.73 Å². The van der Waals surface area contributed by atoms with E-state index in [0.717, 1.165) is 19.3 Å². The van der Waals surface area contributed by atoms with Gasteiger partial charge in [0.2, 0.25) is 0 Å². The van der Waals surface area contributed by atoms with Gasteiger partial charge in [0.1, 0.15) is 0 Å². The Labute approximate surface area is 124 Å². The minimum Gasteiger partial charge on any atom is -0.324 e. The lowest BCUT2D eigenvalue weighted by Gasteiger charge is -2.11. The molecule has 3 rings (SSSR count). The minimum atomic E-state index is 0.148. The monoisotopic (exact) mass is 281 g/mol. The number of hydrogen-bond acceptors (Lipinski definition) is 2. The highest BCUT2D eigenvalue weighted by atomic mass is 32.1. The molecule has 1 atom stereocenters. The van der Waals surface area contributed by atoms with Crippen LogP contribution < -0.4 is 5.73 Å². The number of hydrogen-bond donors (Lipinski definition) is 1. The summed E-state index contributed by atoms with van der Waals surface area (Å²) >= 11 is 1.79. The molecule has 0 radical (unpaired) electrons. The molecule has 1 heterocycles. The van der Waals surface area contributed by atoms with Crippen molar-refractivity contribution in [3.8, 4) is 0 Å². The van der Waals surface area contributed by atoms with Crippen molar-refractivity contribution in [1.82, 2.24) is 0 Å². The molecule has 0 spiro atoms. The van der Waals surface area contributed by atoms with Crippen LogP contribution in [-0.4, -0.2) is 0 Å². The molecular formula is C18H19NS. The number of thiophene rings is 1. The lowest BCUT2D eigenvalue weighted by atomic mass is 9.99. The molecule has 20 heavy (non-hydrogen) atoms. The van der Waals surface area contributed by atoms with Crippen molar-refractivity contribution in [2.75, 3.05) is 0 Å². The maximum atomic E-state index is 6.38. The van der Waals surface area contributed by atoms with Crippen molar-refractivity contribution < 1.29 is 0 Å². The number of rotatable bonds is 5. The first-order chi connectivity index (χ1) is 9.84. The zero-order chi connectivity index (χ0) is 13.8. The van der Waals surface area contributed by atoms with E-state index in [2.05, 4.69) is 60.0 Å². The van der Waals surface area contributed by atoms with Crippen LogP contribution in [0.25, 0.3) is 10.1 Å². The number of aryl methyl sites for hydroxylation is 1. The van der Waals surface area contributed by atoms with Gasteiger partial charge in [-0.05, 0) is 47.2 Å². The average Bonchev–Trinajstić information content (AvgIpc) is 2.92. The first-order valence-corrected chi connectivity index (χ1v) is 7.98. The number of nitrogens with two attached hydrogens (primary N) is 1. The van der Waals surface area contributed by atoms with E-state index >= 15 is 0 Å². The van der Waals surface area contributed by atoms with Gasteiger partial charge in [0.15, 0.2) is 0 Å². The standard InChI is InChI=1S/C18H19NS/c19-17(11-6-9-14-7-2-1-3-8-14)16-13-20-18-12-5-4-10-15(16)18/h1-5,7-8,10,12-13,17H,6,9,11,19H2. The third-order valence-electron chi connectivity index (χ3n) is 3.73. The van der Waals surface area contributed by atoms with Crippen LogP contribution >= 0.6 is 11.3 Å². The summed E-state index contributed by atoms with van der Waals surface area (Å²) in [4.78, 5) is 0. The zero-order valence-electron chi connectivity index (χ0n) is 11.5. The lowest BCUT2D eigenvalue weighted by molar-refractivity contribution is 0.616. The molecule has 3 aromatic rings. The Morgan fingerprint density at radius 3 is 2.55 bits per heavy atom. The second kappa shape index (κ2) is 6.21. The molecule has 2 N–H and O–H groups in total. The molecule has 0 aliphatic heterocycles. The quantitative estimate of drug-likeness (QED) is 0.705. The van der Waals surface area contributed by atoms with E-state index in [1.165, 1.54) is 21.2 Å². The maximum Gasteiger partial charge on any atom is 0.0346 e. The van der Waals surface area contributed by atoms with E-state index in [0.29, 0.717) is 0 Å². The number of benzene rings is 2. The van der Waals surface area contributed by atoms with Crippen LogP contribution in [-0.2, 0) is 6.42 Å². The van der Waals surface area contributed by atoms with E-state index in [1.54, 1.807) is 11.3 Å². The molecular weight excluding hydrogens is 262 g/mol. The van der Waals surface area contributed by atoms with Crippen LogP contribution in [0.3, 0.4) is 0 Å². The summed E-state index contributed by atoms with van der Waals surface area (Å²) < 4.78 is 1.33. The SMILES string of the molecule is NC(CCCc1ccccc1)c1csc2ccccc12. The topological polar surface area (TPSA) is 26.0 Å². The van der Waals surface area contributed by atoms with Crippen molar-refractivity contribution in [1.29, 1.82) is 0 Å². The van der Waals surface area contributed by atoms with Gasteiger partial charge >= 0.3 is 0 Å². The third kappa shape index (κ3) is 2.92. The van der Waals surface area contributed by atoms with Crippen LogP contribution in [0.2, 0.25) is 0 Å². The van der Waals surface area contributed by atoms with Gasteiger partial charge in [-0.2, -0.15) is 0 Å². The van der Waals surface area contributed by atoms with Gasteiger partial charge in [0, 0.05) is 10.7 Å². The maximum absolute atomic E-state index is 6.38. The normalized spacial score (nSPS) is 12.7. The van der Waals surface area contributed by atoms with Crippen LogP contribution in [0.15, 0.2) is 60.0 Å². The highest BCUT2D eigenvalue weighted by molar-refractivity contribution is 7.17. The summed E-state index contributed by atoms with van der Waals surface area (Å²) in [6.07, 6.45) is 3.28. The Hall–Kier alpha value is -1.64. The van der Waals surface area contributed by atoms with Crippen molar-refractivity contribution in [2.45, 2.75) is 25.3 Å². The highest BCUT2D eigenvalue weighted by Gasteiger charge is 2.11. The van der Waals surface area contributed by atoms with Gasteiger partial charge in [0.05, 0.1) is 0 Å².